The molecule has 2 amide bonds. The first-order valence-electron chi connectivity index (χ1n) is 7.13. The Balaban J connectivity index is 3.47. The van der Waals surface area contributed by atoms with Gasteiger partial charge < -0.3 is 15.4 Å². The van der Waals surface area contributed by atoms with Crippen molar-refractivity contribution in [2.24, 2.45) is 0 Å². The Morgan fingerprint density at radius 2 is 1.38 bits per heavy atom. The predicted octanol–water partition coefficient (Wildman–Crippen LogP) is 4.37. The summed E-state index contributed by atoms with van der Waals surface area (Å²) in [5, 5.41) is 5.46. The molecule has 0 unspecified atom stereocenters. The SMILES string of the molecule is CCCCOC(=O)c1c(I)c(NC(C)=O)c(I)c(NC(C)=O)c1I. The molecule has 0 fully saturated rings. The van der Waals surface area contributed by atoms with Crippen molar-refractivity contribution in [2.45, 2.75) is 33.6 Å². The molecule has 0 aromatic heterocycles. The van der Waals surface area contributed by atoms with Gasteiger partial charge in [-0.15, -0.1) is 0 Å². The molecule has 132 valence electrons. The van der Waals surface area contributed by atoms with Crippen molar-refractivity contribution in [3.63, 3.8) is 0 Å². The molecule has 0 radical (unpaired) electrons. The fourth-order valence-corrected chi connectivity index (χ4v) is 5.94. The molecule has 1 aromatic carbocycles. The number of ether oxygens (including phenoxy) is 1. The van der Waals surface area contributed by atoms with Crippen molar-refractivity contribution >= 4 is 96.9 Å². The highest BCUT2D eigenvalue weighted by Gasteiger charge is 2.26. The molecule has 0 atom stereocenters. The third-order valence-corrected chi connectivity index (χ3v) is 6.09. The highest BCUT2D eigenvalue weighted by atomic mass is 127. The highest BCUT2D eigenvalue weighted by molar-refractivity contribution is 14.1. The summed E-state index contributed by atoms with van der Waals surface area (Å²) in [5.74, 6) is -0.982. The Labute approximate surface area is 181 Å². The molecule has 0 aliphatic heterocycles. The molecule has 0 aliphatic rings. The zero-order chi connectivity index (χ0) is 18.4. The van der Waals surface area contributed by atoms with E-state index in [1.165, 1.54) is 13.8 Å². The number of hydrogen-bond donors (Lipinski definition) is 2. The van der Waals surface area contributed by atoms with Crippen LogP contribution in [0.2, 0.25) is 0 Å². The average molecular weight is 670 g/mol. The maximum Gasteiger partial charge on any atom is 0.340 e. The Kier molecular flexibility index (Phi) is 9.19. The fourth-order valence-electron chi connectivity index (χ4n) is 1.80. The van der Waals surface area contributed by atoms with Crippen molar-refractivity contribution in [1.82, 2.24) is 0 Å². The van der Waals surface area contributed by atoms with Crippen LogP contribution in [0, 0.1) is 10.7 Å². The van der Waals surface area contributed by atoms with Crippen molar-refractivity contribution in [3.05, 3.63) is 16.3 Å². The Morgan fingerprint density at radius 1 is 0.917 bits per heavy atom. The van der Waals surface area contributed by atoms with Crippen LogP contribution in [-0.2, 0) is 14.3 Å². The summed E-state index contributed by atoms with van der Waals surface area (Å²) in [6.45, 7) is 5.12. The average Bonchev–Trinajstić information content (AvgIpc) is 2.48. The molecule has 0 saturated heterocycles. The number of carbonyl (C=O) groups is 3. The molecule has 2 N–H and O–H groups in total. The van der Waals surface area contributed by atoms with Gasteiger partial charge in [-0.3, -0.25) is 9.59 Å². The number of esters is 1. The Hall–Kier alpha value is -0.180. The van der Waals surface area contributed by atoms with Gasteiger partial charge in [0, 0.05) is 13.8 Å². The monoisotopic (exact) mass is 670 g/mol. The third-order valence-electron chi connectivity index (χ3n) is 2.85. The van der Waals surface area contributed by atoms with E-state index in [4.69, 9.17) is 4.74 Å². The molecular weight excluding hydrogens is 653 g/mol. The van der Waals surface area contributed by atoms with Crippen molar-refractivity contribution < 1.29 is 19.1 Å². The summed E-state index contributed by atoms with van der Waals surface area (Å²) < 4.78 is 7.16. The van der Waals surface area contributed by atoms with Crippen LogP contribution in [-0.4, -0.2) is 24.4 Å². The lowest BCUT2D eigenvalue weighted by Crippen LogP contribution is -2.19. The number of amides is 2. The smallest absolute Gasteiger partial charge is 0.340 e. The quantitative estimate of drug-likeness (QED) is 0.268. The molecule has 6 nitrogen and oxygen atoms in total. The Bertz CT molecular complexity index is 634. The first-order valence-corrected chi connectivity index (χ1v) is 10.4. The minimum absolute atomic E-state index is 0.258. The van der Waals surface area contributed by atoms with Crippen LogP contribution >= 0.6 is 67.8 Å². The van der Waals surface area contributed by atoms with Gasteiger partial charge in [0.2, 0.25) is 11.8 Å². The van der Waals surface area contributed by atoms with Gasteiger partial charge >= 0.3 is 5.97 Å². The molecule has 0 spiro atoms. The van der Waals surface area contributed by atoms with E-state index in [0.29, 0.717) is 34.3 Å². The zero-order valence-corrected chi connectivity index (χ0v) is 19.9. The van der Waals surface area contributed by atoms with Gasteiger partial charge in [0.1, 0.15) is 0 Å². The van der Waals surface area contributed by atoms with Crippen LogP contribution in [0.3, 0.4) is 0 Å². The number of anilines is 2. The minimum Gasteiger partial charge on any atom is -0.462 e. The van der Waals surface area contributed by atoms with Crippen molar-refractivity contribution in [3.8, 4) is 0 Å². The van der Waals surface area contributed by atoms with Gasteiger partial charge in [-0.1, -0.05) is 13.3 Å². The lowest BCUT2D eigenvalue weighted by molar-refractivity contribution is -0.115. The largest absolute Gasteiger partial charge is 0.462 e. The summed E-state index contributed by atoms with van der Waals surface area (Å²) in [6.07, 6.45) is 1.70. The lowest BCUT2D eigenvalue weighted by Gasteiger charge is -2.19. The maximum atomic E-state index is 12.5. The number of benzene rings is 1. The fraction of sp³-hybridized carbons (Fsp3) is 0.400. The number of unbranched alkanes of at least 4 members (excludes halogenated alkanes) is 1. The van der Waals surface area contributed by atoms with E-state index in [2.05, 4.69) is 10.6 Å². The molecule has 1 rings (SSSR count). The van der Waals surface area contributed by atoms with Crippen molar-refractivity contribution in [1.29, 1.82) is 0 Å². The molecule has 1 aromatic rings. The summed E-state index contributed by atoms with van der Waals surface area (Å²) in [4.78, 5) is 35.5. The number of halogens is 3. The minimum atomic E-state index is -0.466. The number of rotatable bonds is 6. The molecule has 0 saturated carbocycles. The molecule has 0 heterocycles. The summed E-state index contributed by atoms with van der Waals surface area (Å²) in [6, 6.07) is 0. The highest BCUT2D eigenvalue weighted by Crippen LogP contribution is 2.39. The van der Waals surface area contributed by atoms with Gasteiger partial charge in [-0.25, -0.2) is 4.79 Å². The van der Waals surface area contributed by atoms with Crippen LogP contribution in [0.5, 0.6) is 0 Å². The second-order valence-electron chi connectivity index (χ2n) is 4.92. The normalized spacial score (nSPS) is 10.2. The maximum absolute atomic E-state index is 12.5. The molecule has 0 aliphatic carbocycles. The van der Waals surface area contributed by atoms with Gasteiger partial charge in [-0.05, 0) is 74.2 Å². The second kappa shape index (κ2) is 10.1. The van der Waals surface area contributed by atoms with Gasteiger partial charge in [0.25, 0.3) is 0 Å². The number of carbonyl (C=O) groups excluding carboxylic acids is 3. The Morgan fingerprint density at radius 3 is 1.75 bits per heavy atom. The summed E-state index contributed by atoms with van der Waals surface area (Å²) >= 11 is 6.07. The van der Waals surface area contributed by atoms with Gasteiger partial charge in [0.15, 0.2) is 0 Å². The third kappa shape index (κ3) is 5.68. The van der Waals surface area contributed by atoms with Crippen LogP contribution in [0.4, 0.5) is 11.4 Å². The number of hydrogen-bond acceptors (Lipinski definition) is 4. The first-order chi connectivity index (χ1) is 11.2. The molecule has 0 bridgehead atoms. The summed E-state index contributed by atoms with van der Waals surface area (Å²) in [5.41, 5.74) is 1.34. The first kappa shape index (κ1) is 21.9. The van der Waals surface area contributed by atoms with E-state index in [1.807, 2.05) is 74.7 Å². The van der Waals surface area contributed by atoms with E-state index in [1.54, 1.807) is 0 Å². The lowest BCUT2D eigenvalue weighted by atomic mass is 10.1. The second-order valence-corrected chi connectivity index (χ2v) is 8.16. The molecular formula is C15H17I3N2O4. The van der Waals surface area contributed by atoms with E-state index in [0.717, 1.165) is 12.8 Å². The van der Waals surface area contributed by atoms with Crippen molar-refractivity contribution in [2.75, 3.05) is 17.2 Å². The van der Waals surface area contributed by atoms with Crippen LogP contribution in [0.1, 0.15) is 44.0 Å². The summed E-state index contributed by atoms with van der Waals surface area (Å²) in [7, 11) is 0. The predicted molar refractivity (Wildman–Crippen MR) is 118 cm³/mol. The van der Waals surface area contributed by atoms with Crippen LogP contribution < -0.4 is 10.6 Å². The topological polar surface area (TPSA) is 84.5 Å². The van der Waals surface area contributed by atoms with E-state index < -0.39 is 5.97 Å². The molecule has 9 heteroatoms. The van der Waals surface area contributed by atoms with Crippen LogP contribution in [0.25, 0.3) is 0 Å². The van der Waals surface area contributed by atoms with Crippen LogP contribution in [0.15, 0.2) is 0 Å². The van der Waals surface area contributed by atoms with E-state index >= 15 is 0 Å². The van der Waals surface area contributed by atoms with Gasteiger partial charge in [0.05, 0.1) is 34.3 Å². The van der Waals surface area contributed by atoms with Gasteiger partial charge in [-0.2, -0.15) is 0 Å². The van der Waals surface area contributed by atoms with E-state index in [-0.39, 0.29) is 11.8 Å². The number of nitrogens with one attached hydrogen (secondary N) is 2. The zero-order valence-electron chi connectivity index (χ0n) is 13.4. The van der Waals surface area contributed by atoms with E-state index in [9.17, 15) is 14.4 Å². The molecule has 24 heavy (non-hydrogen) atoms. The standard InChI is InChI=1S/C15H17I3N2O4/c1-4-5-6-24-15(23)9-10(16)13(19-7(2)21)12(18)14(11(9)17)20-8(3)22/h4-6H2,1-3H3,(H,19,21)(H,20,22).